The Morgan fingerprint density at radius 2 is 2.06 bits per heavy atom. The molecular formula is C13H24N2O2. The summed E-state index contributed by atoms with van der Waals surface area (Å²) < 4.78 is 5.28. The zero-order chi connectivity index (χ0) is 12.5. The van der Waals surface area contributed by atoms with E-state index in [-0.39, 0.29) is 17.9 Å². The molecule has 2 rings (SSSR count). The van der Waals surface area contributed by atoms with Crippen LogP contribution in [0.25, 0.3) is 0 Å². The Morgan fingerprint density at radius 1 is 1.29 bits per heavy atom. The van der Waals surface area contributed by atoms with Crippen LogP contribution in [0.4, 0.5) is 0 Å². The van der Waals surface area contributed by atoms with Crippen LogP contribution in [0.3, 0.4) is 0 Å². The molecule has 0 aromatic carbocycles. The molecule has 17 heavy (non-hydrogen) atoms. The summed E-state index contributed by atoms with van der Waals surface area (Å²) >= 11 is 0. The number of hydrogen-bond donors (Lipinski definition) is 1. The van der Waals surface area contributed by atoms with Gasteiger partial charge in [0.05, 0.1) is 19.1 Å². The van der Waals surface area contributed by atoms with E-state index in [1.54, 1.807) is 0 Å². The van der Waals surface area contributed by atoms with Crippen LogP contribution in [-0.4, -0.2) is 43.2 Å². The van der Waals surface area contributed by atoms with Crippen LogP contribution in [0.2, 0.25) is 0 Å². The minimum Gasteiger partial charge on any atom is -0.379 e. The average molecular weight is 240 g/mol. The van der Waals surface area contributed by atoms with Gasteiger partial charge in [-0.15, -0.1) is 0 Å². The van der Waals surface area contributed by atoms with E-state index in [0.717, 1.165) is 25.9 Å². The summed E-state index contributed by atoms with van der Waals surface area (Å²) in [5.74, 6) is 0.0870. The molecule has 0 aliphatic carbocycles. The molecule has 4 nitrogen and oxygen atoms in total. The number of hydrogen-bond acceptors (Lipinski definition) is 3. The minimum absolute atomic E-state index is 0.112. The number of carbonyl (C=O) groups is 1. The smallest absolute Gasteiger partial charge is 0.229 e. The van der Waals surface area contributed by atoms with Gasteiger partial charge in [0.15, 0.2) is 0 Å². The molecule has 2 unspecified atom stereocenters. The van der Waals surface area contributed by atoms with Gasteiger partial charge in [0, 0.05) is 19.1 Å². The van der Waals surface area contributed by atoms with Crippen molar-refractivity contribution in [3.63, 3.8) is 0 Å². The number of nitrogens with zero attached hydrogens (tertiary/aromatic N) is 1. The molecule has 2 fully saturated rings. The molecule has 0 aromatic rings. The molecule has 2 atom stereocenters. The maximum absolute atomic E-state index is 12.3. The van der Waals surface area contributed by atoms with E-state index in [9.17, 15) is 4.79 Å². The first-order valence-electron chi connectivity index (χ1n) is 6.62. The highest BCUT2D eigenvalue weighted by atomic mass is 16.5. The second-order valence-electron chi connectivity index (χ2n) is 6.15. The van der Waals surface area contributed by atoms with E-state index < -0.39 is 0 Å². The minimum atomic E-state index is -0.115. The Hall–Kier alpha value is -0.610. The standard InChI is InChI=1S/C13H24N2O2/c1-13(2)4-3-6-15(7-5-13)12(16)10-8-17-9-11(10)14/h10-11H,3-9,14H2,1-2H3. The van der Waals surface area contributed by atoms with Crippen LogP contribution in [0.5, 0.6) is 0 Å². The summed E-state index contributed by atoms with van der Waals surface area (Å²) in [5.41, 5.74) is 6.27. The number of likely N-dealkylation sites (tertiary alicyclic amines) is 1. The monoisotopic (exact) mass is 240 g/mol. The van der Waals surface area contributed by atoms with Crippen molar-refractivity contribution in [3.05, 3.63) is 0 Å². The van der Waals surface area contributed by atoms with Crippen molar-refractivity contribution in [2.45, 2.75) is 39.2 Å². The van der Waals surface area contributed by atoms with Gasteiger partial charge in [0.2, 0.25) is 5.91 Å². The summed E-state index contributed by atoms with van der Waals surface area (Å²) in [7, 11) is 0. The third-order valence-corrected chi connectivity index (χ3v) is 4.09. The van der Waals surface area contributed by atoms with Crippen molar-refractivity contribution in [3.8, 4) is 0 Å². The van der Waals surface area contributed by atoms with Crippen LogP contribution in [0, 0.1) is 11.3 Å². The number of amides is 1. The van der Waals surface area contributed by atoms with Gasteiger partial charge in [-0.05, 0) is 24.7 Å². The fourth-order valence-corrected chi connectivity index (χ4v) is 2.70. The Bertz CT molecular complexity index is 291. The third kappa shape index (κ3) is 2.99. The normalized spacial score (nSPS) is 33.5. The molecule has 98 valence electrons. The van der Waals surface area contributed by atoms with Crippen LogP contribution in [0.15, 0.2) is 0 Å². The van der Waals surface area contributed by atoms with Crippen molar-refractivity contribution in [1.29, 1.82) is 0 Å². The molecular weight excluding hydrogens is 216 g/mol. The molecule has 2 saturated heterocycles. The Kier molecular flexibility index (Phi) is 3.73. The average Bonchev–Trinajstić information content (AvgIpc) is 2.59. The third-order valence-electron chi connectivity index (χ3n) is 4.09. The molecule has 0 radical (unpaired) electrons. The van der Waals surface area contributed by atoms with Crippen LogP contribution < -0.4 is 5.73 Å². The fourth-order valence-electron chi connectivity index (χ4n) is 2.70. The Labute approximate surface area is 103 Å². The number of ether oxygens (including phenoxy) is 1. The van der Waals surface area contributed by atoms with Crippen molar-refractivity contribution in [1.82, 2.24) is 4.90 Å². The predicted octanol–water partition coefficient (Wildman–Crippen LogP) is 0.999. The molecule has 2 aliphatic rings. The first-order valence-corrected chi connectivity index (χ1v) is 6.62. The summed E-state index contributed by atoms with van der Waals surface area (Å²) in [5, 5.41) is 0. The molecule has 2 aliphatic heterocycles. The van der Waals surface area contributed by atoms with E-state index in [1.165, 1.54) is 6.42 Å². The van der Waals surface area contributed by atoms with Gasteiger partial charge in [-0.3, -0.25) is 4.79 Å². The molecule has 0 aromatic heterocycles. The molecule has 2 N–H and O–H groups in total. The predicted molar refractivity (Wildman–Crippen MR) is 66.5 cm³/mol. The maximum atomic E-state index is 12.3. The Morgan fingerprint density at radius 3 is 2.71 bits per heavy atom. The summed E-state index contributed by atoms with van der Waals surface area (Å²) in [6.07, 6.45) is 3.38. The second-order valence-corrected chi connectivity index (χ2v) is 6.15. The zero-order valence-electron chi connectivity index (χ0n) is 10.9. The molecule has 2 heterocycles. The van der Waals surface area contributed by atoms with Gasteiger partial charge in [-0.25, -0.2) is 0 Å². The summed E-state index contributed by atoms with van der Waals surface area (Å²) in [4.78, 5) is 14.3. The Balaban J connectivity index is 1.95. The lowest BCUT2D eigenvalue weighted by Gasteiger charge is -2.26. The van der Waals surface area contributed by atoms with E-state index in [2.05, 4.69) is 13.8 Å². The number of carbonyl (C=O) groups excluding carboxylic acids is 1. The van der Waals surface area contributed by atoms with Gasteiger partial charge >= 0.3 is 0 Å². The van der Waals surface area contributed by atoms with E-state index >= 15 is 0 Å². The lowest BCUT2D eigenvalue weighted by molar-refractivity contribution is -0.135. The molecule has 4 heteroatoms. The van der Waals surface area contributed by atoms with Crippen LogP contribution >= 0.6 is 0 Å². The van der Waals surface area contributed by atoms with Crippen LogP contribution in [-0.2, 0) is 9.53 Å². The van der Waals surface area contributed by atoms with Gasteiger partial charge < -0.3 is 15.4 Å². The highest BCUT2D eigenvalue weighted by Crippen LogP contribution is 2.30. The summed E-state index contributed by atoms with van der Waals surface area (Å²) in [6, 6.07) is -0.112. The van der Waals surface area contributed by atoms with Gasteiger partial charge in [0.25, 0.3) is 0 Å². The topological polar surface area (TPSA) is 55.6 Å². The van der Waals surface area contributed by atoms with Gasteiger partial charge in [-0.1, -0.05) is 13.8 Å². The molecule has 0 saturated carbocycles. The number of nitrogens with two attached hydrogens (primary N) is 1. The highest BCUT2D eigenvalue weighted by Gasteiger charge is 2.35. The largest absolute Gasteiger partial charge is 0.379 e. The number of rotatable bonds is 1. The van der Waals surface area contributed by atoms with Gasteiger partial charge in [-0.2, -0.15) is 0 Å². The lowest BCUT2D eigenvalue weighted by atomic mass is 9.85. The zero-order valence-corrected chi connectivity index (χ0v) is 10.9. The van der Waals surface area contributed by atoms with E-state index in [0.29, 0.717) is 18.6 Å². The quantitative estimate of drug-likeness (QED) is 0.744. The van der Waals surface area contributed by atoms with Crippen LogP contribution in [0.1, 0.15) is 33.1 Å². The first kappa shape index (κ1) is 12.8. The second kappa shape index (κ2) is 4.94. The first-order chi connectivity index (χ1) is 7.99. The molecule has 0 spiro atoms. The highest BCUT2D eigenvalue weighted by molar-refractivity contribution is 5.80. The van der Waals surface area contributed by atoms with Gasteiger partial charge in [0.1, 0.15) is 0 Å². The molecule has 1 amide bonds. The van der Waals surface area contributed by atoms with Crippen molar-refractivity contribution in [2.75, 3.05) is 26.3 Å². The van der Waals surface area contributed by atoms with E-state index in [4.69, 9.17) is 10.5 Å². The van der Waals surface area contributed by atoms with Crippen molar-refractivity contribution in [2.24, 2.45) is 17.1 Å². The van der Waals surface area contributed by atoms with Crippen molar-refractivity contribution < 1.29 is 9.53 Å². The van der Waals surface area contributed by atoms with E-state index in [1.807, 2.05) is 4.90 Å². The lowest BCUT2D eigenvalue weighted by Crippen LogP contribution is -2.44. The molecule has 0 bridgehead atoms. The summed E-state index contributed by atoms with van der Waals surface area (Å²) in [6.45, 7) is 7.34. The fraction of sp³-hybridized carbons (Fsp3) is 0.923. The maximum Gasteiger partial charge on any atom is 0.229 e. The SMILES string of the molecule is CC1(C)CCCN(C(=O)C2COCC2N)CC1. The van der Waals surface area contributed by atoms with Crippen molar-refractivity contribution >= 4 is 5.91 Å².